The first-order valence-corrected chi connectivity index (χ1v) is 21.6. The van der Waals surface area contributed by atoms with Crippen LogP contribution in [0.5, 0.6) is 0 Å². The molecule has 12 rings (SSSR count). The predicted molar refractivity (Wildman–Crippen MR) is 254 cm³/mol. The van der Waals surface area contributed by atoms with Gasteiger partial charge in [-0.15, -0.1) is 0 Å². The second-order valence-corrected chi connectivity index (χ2v) is 16.8. The van der Waals surface area contributed by atoms with E-state index in [4.69, 9.17) is 4.99 Å². The maximum absolute atomic E-state index is 5.22. The van der Waals surface area contributed by atoms with E-state index in [0.717, 1.165) is 23.5 Å². The van der Waals surface area contributed by atoms with Gasteiger partial charge in [-0.3, -0.25) is 15.0 Å². The number of hydrogen-bond donors (Lipinski definition) is 0. The Labute approximate surface area is 361 Å². The highest BCUT2D eigenvalue weighted by atomic mass is 15.0. The fourth-order valence-corrected chi connectivity index (χ4v) is 10.8. The average Bonchev–Trinajstić information content (AvgIpc) is 3.85. The summed E-state index contributed by atoms with van der Waals surface area (Å²) in [6.45, 7) is 2.36. The zero-order valence-corrected chi connectivity index (χ0v) is 34.4. The summed E-state index contributed by atoms with van der Waals surface area (Å²) in [7, 11) is 0. The lowest BCUT2D eigenvalue weighted by Gasteiger charge is -2.34. The molecule has 10 aromatic rings. The number of pyridine rings is 2. The molecule has 0 amide bonds. The minimum atomic E-state index is -0.573. The van der Waals surface area contributed by atoms with Crippen molar-refractivity contribution in [2.75, 3.05) is 0 Å². The van der Waals surface area contributed by atoms with Crippen molar-refractivity contribution < 1.29 is 0 Å². The van der Waals surface area contributed by atoms with Gasteiger partial charge in [0.25, 0.3) is 0 Å². The second kappa shape index (κ2) is 14.5. The average molecular weight is 795 g/mol. The van der Waals surface area contributed by atoms with Gasteiger partial charge in [-0.25, -0.2) is 0 Å². The van der Waals surface area contributed by atoms with Gasteiger partial charge in [0.05, 0.1) is 22.1 Å². The quantitative estimate of drug-likeness (QED) is 0.161. The fourth-order valence-electron chi connectivity index (χ4n) is 10.8. The summed E-state index contributed by atoms with van der Waals surface area (Å²) in [5.41, 5.74) is 18.8. The molecule has 2 atom stereocenters. The highest BCUT2D eigenvalue weighted by Crippen LogP contribution is 2.59. The Morgan fingerprint density at radius 1 is 0.532 bits per heavy atom. The molecule has 1 aliphatic carbocycles. The largest absolute Gasteiger partial charge is 0.309 e. The molecule has 62 heavy (non-hydrogen) atoms. The van der Waals surface area contributed by atoms with Crippen LogP contribution in [0.1, 0.15) is 64.1 Å². The maximum Gasteiger partial charge on any atom is 0.0722 e. The minimum absolute atomic E-state index is 0.355. The molecule has 0 radical (unpaired) electrons. The van der Waals surface area contributed by atoms with E-state index in [2.05, 4.69) is 210 Å². The molecule has 2 aliphatic rings. The third-order valence-corrected chi connectivity index (χ3v) is 13.7. The van der Waals surface area contributed by atoms with Crippen molar-refractivity contribution in [1.29, 1.82) is 0 Å². The molecular formula is C58H42N4. The molecule has 2 unspecified atom stereocenters. The van der Waals surface area contributed by atoms with E-state index in [1.807, 2.05) is 24.8 Å². The molecule has 3 aromatic heterocycles. The summed E-state index contributed by atoms with van der Waals surface area (Å²) in [5.74, 6) is 0.728. The van der Waals surface area contributed by atoms with Crippen molar-refractivity contribution in [3.63, 3.8) is 0 Å². The zero-order chi connectivity index (χ0) is 41.2. The minimum Gasteiger partial charge on any atom is -0.309 e. The molecule has 0 bridgehead atoms. The van der Waals surface area contributed by atoms with E-state index in [0.29, 0.717) is 11.8 Å². The maximum atomic E-state index is 5.22. The van der Waals surface area contributed by atoms with Crippen molar-refractivity contribution in [3.05, 3.63) is 252 Å². The number of para-hydroxylation sites is 2. The Hall–Kier alpha value is -7.69. The second-order valence-electron chi connectivity index (χ2n) is 16.8. The highest BCUT2D eigenvalue weighted by Gasteiger charge is 2.48. The van der Waals surface area contributed by atoms with Crippen LogP contribution in [0.4, 0.5) is 5.69 Å². The van der Waals surface area contributed by atoms with E-state index in [-0.39, 0.29) is 0 Å². The van der Waals surface area contributed by atoms with Gasteiger partial charge in [-0.05, 0) is 134 Å². The van der Waals surface area contributed by atoms with Crippen LogP contribution < -0.4 is 0 Å². The van der Waals surface area contributed by atoms with Crippen molar-refractivity contribution in [2.45, 2.75) is 30.6 Å². The van der Waals surface area contributed by atoms with Crippen LogP contribution in [0, 0.1) is 0 Å². The Morgan fingerprint density at radius 2 is 1.15 bits per heavy atom. The SMILES string of the molecule is CC(c1ccccc1)C1CC(c2ccc(-c3ccc(-n4c5ccccc5c5c6c(ccc54)-c4ccccc4C6(c4ccncc4)c4ccncc4)cc3)cc2)=Nc2ccccc21. The van der Waals surface area contributed by atoms with Gasteiger partial charge < -0.3 is 4.57 Å². The lowest BCUT2D eigenvalue weighted by atomic mass is 9.67. The van der Waals surface area contributed by atoms with Crippen LogP contribution in [0.2, 0.25) is 0 Å². The molecular weight excluding hydrogens is 753 g/mol. The molecule has 0 spiro atoms. The van der Waals surface area contributed by atoms with E-state index >= 15 is 0 Å². The fraction of sp³-hybridized carbons (Fsp3) is 0.0862. The Balaban J connectivity index is 0.945. The third-order valence-electron chi connectivity index (χ3n) is 13.7. The van der Waals surface area contributed by atoms with Crippen molar-refractivity contribution in [1.82, 2.24) is 14.5 Å². The lowest BCUT2D eigenvalue weighted by Crippen LogP contribution is -2.29. The van der Waals surface area contributed by atoms with Gasteiger partial charge >= 0.3 is 0 Å². The smallest absolute Gasteiger partial charge is 0.0722 e. The molecule has 0 saturated carbocycles. The van der Waals surface area contributed by atoms with Crippen LogP contribution in [0.15, 0.2) is 218 Å². The van der Waals surface area contributed by atoms with Crippen LogP contribution in [0.25, 0.3) is 49.7 Å². The Morgan fingerprint density at radius 3 is 1.89 bits per heavy atom. The van der Waals surface area contributed by atoms with Gasteiger partial charge in [0.2, 0.25) is 0 Å². The summed E-state index contributed by atoms with van der Waals surface area (Å²) < 4.78 is 2.44. The molecule has 4 heteroatoms. The van der Waals surface area contributed by atoms with Gasteiger partial charge in [0.1, 0.15) is 0 Å². The Bertz CT molecular complexity index is 3270. The van der Waals surface area contributed by atoms with Crippen LogP contribution >= 0.6 is 0 Å². The van der Waals surface area contributed by atoms with E-state index in [9.17, 15) is 0 Å². The lowest BCUT2D eigenvalue weighted by molar-refractivity contribution is 0.589. The van der Waals surface area contributed by atoms with Crippen molar-refractivity contribution in [3.8, 4) is 27.9 Å². The van der Waals surface area contributed by atoms with Crippen LogP contribution in [-0.2, 0) is 5.41 Å². The zero-order valence-electron chi connectivity index (χ0n) is 34.4. The summed E-state index contributed by atoms with van der Waals surface area (Å²) in [6.07, 6.45) is 8.59. The van der Waals surface area contributed by atoms with Gasteiger partial charge in [0.15, 0.2) is 0 Å². The summed E-state index contributed by atoms with van der Waals surface area (Å²) >= 11 is 0. The number of hydrogen-bond acceptors (Lipinski definition) is 3. The molecule has 294 valence electrons. The molecule has 4 nitrogen and oxygen atoms in total. The third kappa shape index (κ3) is 5.50. The topological polar surface area (TPSA) is 43.1 Å². The first-order chi connectivity index (χ1) is 30.7. The first kappa shape index (κ1) is 36.2. The molecule has 7 aromatic carbocycles. The van der Waals surface area contributed by atoms with Crippen molar-refractivity contribution in [2.24, 2.45) is 4.99 Å². The van der Waals surface area contributed by atoms with Gasteiger partial charge in [-0.1, -0.05) is 140 Å². The number of fused-ring (bicyclic) bond motifs is 8. The summed E-state index contributed by atoms with van der Waals surface area (Å²) in [5, 5.41) is 2.49. The highest BCUT2D eigenvalue weighted by molar-refractivity contribution is 6.15. The summed E-state index contributed by atoms with van der Waals surface area (Å²) in [4.78, 5) is 14.2. The summed E-state index contributed by atoms with van der Waals surface area (Å²) in [6, 6.07) is 68.8. The monoisotopic (exact) mass is 794 g/mol. The Kier molecular flexibility index (Phi) is 8.46. The molecule has 4 heterocycles. The first-order valence-electron chi connectivity index (χ1n) is 21.6. The number of rotatable bonds is 7. The normalized spacial score (nSPS) is 15.4. The van der Waals surface area contributed by atoms with E-state index in [1.54, 1.807) is 0 Å². The number of aromatic nitrogens is 3. The molecule has 1 aliphatic heterocycles. The van der Waals surface area contributed by atoms with E-state index in [1.165, 1.54) is 83.0 Å². The number of aliphatic imine (C=N–C) groups is 1. The van der Waals surface area contributed by atoms with Crippen LogP contribution in [0.3, 0.4) is 0 Å². The van der Waals surface area contributed by atoms with Gasteiger partial charge in [0, 0.05) is 47.0 Å². The molecule has 0 fully saturated rings. The molecule has 0 N–H and O–H groups in total. The number of benzene rings is 7. The van der Waals surface area contributed by atoms with Crippen LogP contribution in [-0.4, -0.2) is 20.2 Å². The standard InChI is InChI=1S/C58H42N4/c1-38(39-11-3-2-4-12-39)50-37-53(61-52-17-9-6-14-47(50)52)42-21-19-40(20-22-42)41-23-25-45(26-24-41)62-54-18-10-7-15-49(54)56-55(62)28-27-48-46-13-5-8-16-51(46)58(57(48)56,43-29-33-59-34-30-43)44-31-35-60-36-32-44/h2-36,38,50H,37H2,1H3. The van der Waals surface area contributed by atoms with E-state index < -0.39 is 5.41 Å². The molecule has 0 saturated heterocycles. The van der Waals surface area contributed by atoms with Crippen molar-refractivity contribution >= 4 is 33.2 Å². The predicted octanol–water partition coefficient (Wildman–Crippen LogP) is 14.0. The van der Waals surface area contributed by atoms with Gasteiger partial charge in [-0.2, -0.15) is 0 Å². The number of nitrogens with zero attached hydrogens (tertiary/aromatic N) is 4.